The molecule has 1 unspecified atom stereocenters. The summed E-state index contributed by atoms with van der Waals surface area (Å²) in [5.41, 5.74) is 0.540. The van der Waals surface area contributed by atoms with Gasteiger partial charge in [0.15, 0.2) is 0 Å². The van der Waals surface area contributed by atoms with Crippen LogP contribution in [0.4, 0.5) is 0 Å². The second-order valence-electron chi connectivity index (χ2n) is 5.82. The molecular formula is C16H28N4O2. The van der Waals surface area contributed by atoms with Crippen LogP contribution in [0.1, 0.15) is 49.1 Å². The number of ether oxygens (including phenoxy) is 1. The van der Waals surface area contributed by atoms with Gasteiger partial charge in [0.2, 0.25) is 0 Å². The van der Waals surface area contributed by atoms with E-state index >= 15 is 0 Å². The third kappa shape index (κ3) is 4.55. The van der Waals surface area contributed by atoms with Crippen molar-refractivity contribution in [3.05, 3.63) is 18.0 Å². The highest BCUT2D eigenvalue weighted by Gasteiger charge is 2.20. The Morgan fingerprint density at radius 2 is 2.41 bits per heavy atom. The van der Waals surface area contributed by atoms with Gasteiger partial charge in [0, 0.05) is 32.9 Å². The number of amides is 1. The van der Waals surface area contributed by atoms with Crippen molar-refractivity contribution in [2.75, 3.05) is 39.9 Å². The third-order valence-corrected chi connectivity index (χ3v) is 4.11. The van der Waals surface area contributed by atoms with Gasteiger partial charge in [-0.2, -0.15) is 5.10 Å². The van der Waals surface area contributed by atoms with Crippen LogP contribution in [0.2, 0.25) is 0 Å². The first-order valence-electron chi connectivity index (χ1n) is 8.30. The van der Waals surface area contributed by atoms with Crippen molar-refractivity contribution in [3.8, 4) is 0 Å². The van der Waals surface area contributed by atoms with Crippen molar-refractivity contribution in [3.63, 3.8) is 0 Å². The van der Waals surface area contributed by atoms with Crippen molar-refractivity contribution in [2.24, 2.45) is 0 Å². The van der Waals surface area contributed by atoms with Gasteiger partial charge in [0.1, 0.15) is 5.69 Å². The lowest BCUT2D eigenvalue weighted by Gasteiger charge is -2.23. The summed E-state index contributed by atoms with van der Waals surface area (Å²) >= 11 is 0. The molecular weight excluding hydrogens is 280 g/mol. The minimum Gasteiger partial charge on any atom is -0.383 e. The second kappa shape index (κ2) is 8.90. The number of unbranched alkanes of at least 4 members (excludes halogenated alkanes) is 1. The Balaban J connectivity index is 2.00. The van der Waals surface area contributed by atoms with Gasteiger partial charge in [-0.15, -0.1) is 0 Å². The number of rotatable bonds is 8. The van der Waals surface area contributed by atoms with E-state index in [1.54, 1.807) is 7.11 Å². The van der Waals surface area contributed by atoms with Crippen molar-refractivity contribution in [1.82, 2.24) is 20.0 Å². The van der Waals surface area contributed by atoms with Crippen LogP contribution in [0.3, 0.4) is 0 Å². The van der Waals surface area contributed by atoms with Crippen LogP contribution >= 0.6 is 0 Å². The molecule has 0 radical (unpaired) electrons. The molecule has 0 spiro atoms. The molecule has 0 saturated carbocycles. The number of hydrogen-bond acceptors (Lipinski definition) is 4. The van der Waals surface area contributed by atoms with Crippen LogP contribution in [0.15, 0.2) is 12.3 Å². The van der Waals surface area contributed by atoms with E-state index in [1.807, 2.05) is 21.8 Å². The van der Waals surface area contributed by atoms with E-state index in [0.717, 1.165) is 45.3 Å². The van der Waals surface area contributed by atoms with E-state index in [0.29, 0.717) is 24.9 Å². The summed E-state index contributed by atoms with van der Waals surface area (Å²) in [7, 11) is 1.66. The van der Waals surface area contributed by atoms with E-state index in [-0.39, 0.29) is 5.91 Å². The molecule has 0 bridgehead atoms. The standard InChI is InChI=1S/C16H28N4O2/c1-3-4-9-19(11-12-22-2)16(21)15-7-10-20(18-15)14-6-5-8-17-13-14/h7,10,14,17H,3-6,8-9,11-13H2,1-2H3. The molecule has 22 heavy (non-hydrogen) atoms. The maximum atomic E-state index is 12.6. The highest BCUT2D eigenvalue weighted by atomic mass is 16.5. The van der Waals surface area contributed by atoms with Gasteiger partial charge in [-0.3, -0.25) is 9.48 Å². The molecule has 1 saturated heterocycles. The monoisotopic (exact) mass is 308 g/mol. The van der Waals surface area contributed by atoms with Crippen molar-refractivity contribution >= 4 is 5.91 Å². The molecule has 1 fully saturated rings. The van der Waals surface area contributed by atoms with Gasteiger partial charge in [-0.25, -0.2) is 0 Å². The summed E-state index contributed by atoms with van der Waals surface area (Å²) in [6, 6.07) is 2.20. The van der Waals surface area contributed by atoms with E-state index in [2.05, 4.69) is 17.3 Å². The zero-order valence-electron chi connectivity index (χ0n) is 13.8. The van der Waals surface area contributed by atoms with Gasteiger partial charge >= 0.3 is 0 Å². The molecule has 0 aromatic carbocycles. The highest BCUT2D eigenvalue weighted by Crippen LogP contribution is 2.16. The van der Waals surface area contributed by atoms with E-state index in [4.69, 9.17) is 4.74 Å². The first-order chi connectivity index (χ1) is 10.8. The number of methoxy groups -OCH3 is 1. The van der Waals surface area contributed by atoms with Crippen LogP contribution in [0.5, 0.6) is 0 Å². The molecule has 2 heterocycles. The zero-order chi connectivity index (χ0) is 15.8. The normalized spacial score (nSPS) is 18.4. The van der Waals surface area contributed by atoms with Crippen LogP contribution < -0.4 is 5.32 Å². The lowest BCUT2D eigenvalue weighted by Crippen LogP contribution is -2.35. The number of carbonyl (C=O) groups excluding carboxylic acids is 1. The number of hydrogen-bond donors (Lipinski definition) is 1. The Bertz CT molecular complexity index is 447. The maximum Gasteiger partial charge on any atom is 0.274 e. The van der Waals surface area contributed by atoms with E-state index < -0.39 is 0 Å². The fourth-order valence-corrected chi connectivity index (χ4v) is 2.74. The largest absolute Gasteiger partial charge is 0.383 e. The summed E-state index contributed by atoms with van der Waals surface area (Å²) in [5.74, 6) is 0.00742. The number of carbonyl (C=O) groups is 1. The average molecular weight is 308 g/mol. The number of nitrogens with zero attached hydrogens (tertiary/aromatic N) is 3. The average Bonchev–Trinajstić information content (AvgIpc) is 3.05. The van der Waals surface area contributed by atoms with E-state index in [1.165, 1.54) is 0 Å². The molecule has 0 aliphatic carbocycles. The van der Waals surface area contributed by atoms with Gasteiger partial charge < -0.3 is 15.0 Å². The fourth-order valence-electron chi connectivity index (χ4n) is 2.74. The van der Waals surface area contributed by atoms with Gasteiger partial charge in [-0.1, -0.05) is 13.3 Å². The quantitative estimate of drug-likeness (QED) is 0.794. The highest BCUT2D eigenvalue weighted by molar-refractivity contribution is 5.92. The lowest BCUT2D eigenvalue weighted by atomic mass is 10.1. The molecule has 2 rings (SSSR count). The summed E-state index contributed by atoms with van der Waals surface area (Å²) in [6.07, 6.45) is 6.27. The molecule has 1 aliphatic heterocycles. The van der Waals surface area contributed by atoms with Crippen molar-refractivity contribution < 1.29 is 9.53 Å². The number of piperidine rings is 1. The molecule has 1 N–H and O–H groups in total. The number of nitrogens with one attached hydrogen (secondary N) is 1. The Labute approximate surface area is 132 Å². The molecule has 1 atom stereocenters. The van der Waals surface area contributed by atoms with Crippen LogP contribution in [0, 0.1) is 0 Å². The predicted molar refractivity (Wildman–Crippen MR) is 86.1 cm³/mol. The first kappa shape index (κ1) is 17.0. The Morgan fingerprint density at radius 1 is 1.55 bits per heavy atom. The van der Waals surface area contributed by atoms with Gasteiger partial charge in [0.25, 0.3) is 5.91 Å². The molecule has 124 valence electrons. The Morgan fingerprint density at radius 3 is 3.09 bits per heavy atom. The smallest absolute Gasteiger partial charge is 0.274 e. The van der Waals surface area contributed by atoms with Crippen molar-refractivity contribution in [2.45, 2.75) is 38.6 Å². The summed E-state index contributed by atoms with van der Waals surface area (Å²) in [5, 5.41) is 7.89. The topological polar surface area (TPSA) is 59.4 Å². The van der Waals surface area contributed by atoms with Gasteiger partial charge in [-0.05, 0) is 31.9 Å². The lowest BCUT2D eigenvalue weighted by molar-refractivity contribution is 0.0685. The minimum absolute atomic E-state index is 0.00742. The predicted octanol–water partition coefficient (Wildman–Crippen LogP) is 1.70. The summed E-state index contributed by atoms with van der Waals surface area (Å²) in [4.78, 5) is 14.5. The fraction of sp³-hybridized carbons (Fsp3) is 0.750. The van der Waals surface area contributed by atoms with Crippen LogP contribution in [0.25, 0.3) is 0 Å². The van der Waals surface area contributed by atoms with Gasteiger partial charge in [0.05, 0.1) is 12.6 Å². The maximum absolute atomic E-state index is 12.6. The van der Waals surface area contributed by atoms with Crippen molar-refractivity contribution in [1.29, 1.82) is 0 Å². The summed E-state index contributed by atoms with van der Waals surface area (Å²) in [6.45, 7) is 6.07. The third-order valence-electron chi connectivity index (χ3n) is 4.11. The second-order valence-corrected chi connectivity index (χ2v) is 5.82. The Hall–Kier alpha value is -1.40. The summed E-state index contributed by atoms with van der Waals surface area (Å²) < 4.78 is 7.05. The molecule has 1 aromatic heterocycles. The SMILES string of the molecule is CCCCN(CCOC)C(=O)c1ccn(C2CCCNC2)n1. The molecule has 6 nitrogen and oxygen atoms in total. The van der Waals surface area contributed by atoms with Crippen LogP contribution in [-0.4, -0.2) is 60.5 Å². The Kier molecular flexibility index (Phi) is 6.86. The molecule has 1 aromatic rings. The molecule has 1 amide bonds. The first-order valence-corrected chi connectivity index (χ1v) is 8.30. The number of aromatic nitrogens is 2. The molecule has 1 aliphatic rings. The van der Waals surface area contributed by atoms with E-state index in [9.17, 15) is 4.79 Å². The minimum atomic E-state index is 0.00742. The molecule has 6 heteroatoms. The zero-order valence-corrected chi connectivity index (χ0v) is 13.8. The van der Waals surface area contributed by atoms with Crippen LogP contribution in [-0.2, 0) is 4.74 Å².